The Labute approximate surface area is 198 Å². The van der Waals surface area contributed by atoms with Crippen LogP contribution in [0, 0.1) is 5.92 Å². The number of ether oxygens (including phenoxy) is 1. The Balaban J connectivity index is 1.31. The third-order valence-corrected chi connectivity index (χ3v) is 7.06. The van der Waals surface area contributed by atoms with E-state index in [9.17, 15) is 9.90 Å². The van der Waals surface area contributed by atoms with Crippen LogP contribution in [0.1, 0.15) is 54.7 Å². The summed E-state index contributed by atoms with van der Waals surface area (Å²) in [6.45, 7) is 2.73. The number of allylic oxidation sites excluding steroid dienone is 3. The summed E-state index contributed by atoms with van der Waals surface area (Å²) < 4.78 is 10.9. The van der Waals surface area contributed by atoms with Gasteiger partial charge in [-0.05, 0) is 60.6 Å². The van der Waals surface area contributed by atoms with Gasteiger partial charge >= 0.3 is 5.97 Å². The van der Waals surface area contributed by atoms with E-state index in [1.165, 1.54) is 40.0 Å². The largest absolute Gasteiger partial charge is 0.488 e. The molecule has 1 aliphatic rings. The van der Waals surface area contributed by atoms with Crippen LogP contribution in [-0.2, 0) is 22.6 Å². The van der Waals surface area contributed by atoms with Crippen LogP contribution in [0.15, 0.2) is 77.2 Å². The van der Waals surface area contributed by atoms with Crippen molar-refractivity contribution < 1.29 is 19.2 Å². The van der Waals surface area contributed by atoms with Crippen LogP contribution in [0.4, 0.5) is 0 Å². The molecule has 2 aromatic heterocycles. The lowest BCUT2D eigenvalue weighted by Crippen LogP contribution is -2.17. The Bertz CT molecular complexity index is 1100. The van der Waals surface area contributed by atoms with Crippen LogP contribution in [0.5, 0.6) is 0 Å². The van der Waals surface area contributed by atoms with Gasteiger partial charge in [-0.25, -0.2) is 0 Å². The van der Waals surface area contributed by atoms with E-state index < -0.39 is 5.97 Å². The smallest absolute Gasteiger partial charge is 0.304 e. The molecule has 1 unspecified atom stereocenters. The number of benzene rings is 1. The summed E-state index contributed by atoms with van der Waals surface area (Å²) in [6.07, 6.45) is 11.8. The topological polar surface area (TPSA) is 72.6 Å². The number of rotatable bonds is 11. The van der Waals surface area contributed by atoms with Crippen molar-refractivity contribution in [3.63, 3.8) is 0 Å². The van der Waals surface area contributed by atoms with Gasteiger partial charge in [0.2, 0.25) is 0 Å². The van der Waals surface area contributed by atoms with E-state index in [0.717, 1.165) is 12.2 Å². The van der Waals surface area contributed by atoms with Gasteiger partial charge in [0, 0.05) is 21.7 Å². The average molecular weight is 464 g/mol. The molecule has 3 aromatic rings. The van der Waals surface area contributed by atoms with Gasteiger partial charge in [0.15, 0.2) is 0 Å². The highest BCUT2D eigenvalue weighted by Crippen LogP contribution is 2.34. The molecule has 1 aromatic carbocycles. The number of aromatic nitrogens is 1. The number of aryl methyl sites for hydroxylation is 1. The molecule has 0 spiro atoms. The Hall–Kier alpha value is -3.12. The fourth-order valence-corrected chi connectivity index (χ4v) is 5.01. The SMILES string of the molecule is CCCCc1ccc(-c2ccc(COC3=CCC([C@H](CC(=O)O)c4ccon4)C=C3)s2)cc1. The van der Waals surface area contributed by atoms with Crippen molar-refractivity contribution in [1.29, 1.82) is 0 Å². The highest BCUT2D eigenvalue weighted by atomic mass is 32.1. The number of carboxylic acid groups (broad SMARTS) is 1. The minimum absolute atomic E-state index is 0.0170. The molecule has 172 valence electrons. The molecular formula is C27H29NO4S. The Kier molecular flexibility index (Phi) is 7.79. The van der Waals surface area contributed by atoms with Crippen LogP contribution in [0.25, 0.3) is 10.4 Å². The first-order chi connectivity index (χ1) is 16.1. The Morgan fingerprint density at radius 3 is 2.76 bits per heavy atom. The lowest BCUT2D eigenvalue weighted by atomic mass is 9.82. The number of carboxylic acids is 1. The lowest BCUT2D eigenvalue weighted by molar-refractivity contribution is -0.137. The second-order valence-corrected chi connectivity index (χ2v) is 9.52. The molecule has 1 N–H and O–H groups in total. The summed E-state index contributed by atoms with van der Waals surface area (Å²) in [7, 11) is 0. The van der Waals surface area contributed by atoms with Crippen molar-refractivity contribution in [1.82, 2.24) is 5.16 Å². The zero-order chi connectivity index (χ0) is 23.0. The van der Waals surface area contributed by atoms with Crippen molar-refractivity contribution >= 4 is 17.3 Å². The summed E-state index contributed by atoms with van der Waals surface area (Å²) in [4.78, 5) is 13.7. The maximum atomic E-state index is 11.3. The molecule has 0 aliphatic heterocycles. The first kappa shape index (κ1) is 23.1. The van der Waals surface area contributed by atoms with Crippen molar-refractivity contribution in [3.05, 3.63) is 88.8 Å². The Morgan fingerprint density at radius 1 is 1.24 bits per heavy atom. The van der Waals surface area contributed by atoms with E-state index >= 15 is 0 Å². The average Bonchev–Trinajstić information content (AvgIpc) is 3.53. The number of unbranched alkanes of at least 4 members (excludes halogenated alkanes) is 1. The fraction of sp³-hybridized carbons (Fsp3) is 0.333. The first-order valence-electron chi connectivity index (χ1n) is 11.4. The number of aliphatic carboxylic acids is 1. The number of hydrogen-bond acceptors (Lipinski definition) is 5. The summed E-state index contributed by atoms with van der Waals surface area (Å²) in [5, 5.41) is 13.2. The summed E-state index contributed by atoms with van der Waals surface area (Å²) in [6, 6.07) is 14.9. The van der Waals surface area contributed by atoms with Gasteiger partial charge in [0.1, 0.15) is 18.6 Å². The van der Waals surface area contributed by atoms with Crippen LogP contribution >= 0.6 is 11.3 Å². The molecule has 0 saturated heterocycles. The molecule has 5 nitrogen and oxygen atoms in total. The molecule has 4 rings (SSSR count). The standard InChI is InChI=1S/C27H29NO4S/c1-2-3-4-19-5-7-21(8-6-19)26-14-13-23(33-26)18-31-22-11-9-20(10-12-22)24(17-27(29)30)25-15-16-32-28-25/h5-9,11-16,20,24H,2-4,10,17-18H2,1H3,(H,29,30)/t20?,24-/m0/s1. The Morgan fingerprint density at radius 2 is 2.09 bits per heavy atom. The molecule has 2 heterocycles. The molecule has 1 aliphatic carbocycles. The molecule has 6 heteroatoms. The van der Waals surface area contributed by atoms with Crippen LogP contribution in [0.2, 0.25) is 0 Å². The predicted molar refractivity (Wildman–Crippen MR) is 130 cm³/mol. The molecular weight excluding hydrogens is 434 g/mol. The number of carbonyl (C=O) groups is 1. The molecule has 0 fully saturated rings. The zero-order valence-corrected chi connectivity index (χ0v) is 19.6. The zero-order valence-electron chi connectivity index (χ0n) is 18.8. The number of nitrogens with zero attached hydrogens (tertiary/aromatic N) is 1. The van der Waals surface area contributed by atoms with Crippen molar-refractivity contribution in [2.24, 2.45) is 5.92 Å². The molecule has 0 amide bonds. The normalized spacial score (nSPS) is 16.4. The molecule has 0 bridgehead atoms. The van der Waals surface area contributed by atoms with Gasteiger partial charge in [-0.3, -0.25) is 4.79 Å². The van der Waals surface area contributed by atoms with Gasteiger partial charge in [-0.15, -0.1) is 11.3 Å². The maximum Gasteiger partial charge on any atom is 0.304 e. The highest BCUT2D eigenvalue weighted by Gasteiger charge is 2.27. The number of hydrogen-bond donors (Lipinski definition) is 1. The van der Waals surface area contributed by atoms with Gasteiger partial charge in [0.25, 0.3) is 0 Å². The maximum absolute atomic E-state index is 11.3. The predicted octanol–water partition coefficient (Wildman–Crippen LogP) is 6.98. The first-order valence-corrected chi connectivity index (χ1v) is 12.2. The van der Waals surface area contributed by atoms with Crippen molar-refractivity contribution in [3.8, 4) is 10.4 Å². The third kappa shape index (κ3) is 6.23. The summed E-state index contributed by atoms with van der Waals surface area (Å²) >= 11 is 1.75. The van der Waals surface area contributed by atoms with Gasteiger partial charge in [0.05, 0.1) is 12.1 Å². The van der Waals surface area contributed by atoms with Crippen LogP contribution in [0.3, 0.4) is 0 Å². The second kappa shape index (κ2) is 11.1. The van der Waals surface area contributed by atoms with E-state index in [2.05, 4.69) is 48.5 Å². The minimum Gasteiger partial charge on any atom is -0.488 e. The molecule has 33 heavy (non-hydrogen) atoms. The van der Waals surface area contributed by atoms with Crippen LogP contribution in [-0.4, -0.2) is 16.2 Å². The minimum atomic E-state index is -0.841. The van der Waals surface area contributed by atoms with Gasteiger partial charge in [-0.2, -0.15) is 0 Å². The van der Waals surface area contributed by atoms with Crippen molar-refractivity contribution in [2.45, 2.75) is 51.6 Å². The summed E-state index contributed by atoms with van der Waals surface area (Å²) in [5.74, 6) is -0.196. The monoisotopic (exact) mass is 463 g/mol. The molecule has 0 radical (unpaired) electrons. The second-order valence-electron chi connectivity index (χ2n) is 8.35. The van der Waals surface area contributed by atoms with E-state index in [-0.39, 0.29) is 18.3 Å². The quantitative estimate of drug-likeness (QED) is 0.332. The van der Waals surface area contributed by atoms with E-state index in [1.807, 2.05) is 18.2 Å². The summed E-state index contributed by atoms with van der Waals surface area (Å²) in [5.41, 5.74) is 3.31. The van der Waals surface area contributed by atoms with Crippen LogP contribution < -0.4 is 0 Å². The molecule has 0 saturated carbocycles. The lowest BCUT2D eigenvalue weighted by Gasteiger charge is -2.23. The fourth-order valence-electron chi connectivity index (χ4n) is 4.08. The van der Waals surface area contributed by atoms with E-state index in [0.29, 0.717) is 18.7 Å². The van der Waals surface area contributed by atoms with Gasteiger partial charge < -0.3 is 14.4 Å². The van der Waals surface area contributed by atoms with E-state index in [1.54, 1.807) is 17.4 Å². The molecule has 2 atom stereocenters. The third-order valence-electron chi connectivity index (χ3n) is 5.95. The highest BCUT2D eigenvalue weighted by molar-refractivity contribution is 7.15. The van der Waals surface area contributed by atoms with Crippen molar-refractivity contribution in [2.75, 3.05) is 0 Å². The van der Waals surface area contributed by atoms with Gasteiger partial charge in [-0.1, -0.05) is 48.8 Å². The van der Waals surface area contributed by atoms with E-state index in [4.69, 9.17) is 9.26 Å². The number of thiophene rings is 1.